The van der Waals surface area contributed by atoms with E-state index in [1.807, 2.05) is 4.90 Å². The fourth-order valence-electron chi connectivity index (χ4n) is 4.67. The van der Waals surface area contributed by atoms with Gasteiger partial charge in [0, 0.05) is 38.3 Å². The number of likely N-dealkylation sites (N-methyl/N-ethyl adjacent to an activating group) is 1. The molecule has 132 valence electrons. The summed E-state index contributed by atoms with van der Waals surface area (Å²) in [6, 6.07) is 4.88. The Balaban J connectivity index is 1.44. The summed E-state index contributed by atoms with van der Waals surface area (Å²) in [6.07, 6.45) is 6.72. The largest absolute Gasteiger partial charge is 0.459 e. The lowest BCUT2D eigenvalue weighted by atomic mass is 9.92. The third-order valence-corrected chi connectivity index (χ3v) is 5.92. The van der Waals surface area contributed by atoms with E-state index in [2.05, 4.69) is 23.9 Å². The van der Waals surface area contributed by atoms with Crippen molar-refractivity contribution in [3.63, 3.8) is 0 Å². The molecule has 1 aromatic rings. The zero-order valence-corrected chi connectivity index (χ0v) is 14.9. The zero-order valence-electron chi connectivity index (χ0n) is 14.9. The molecule has 0 radical (unpaired) electrons. The van der Waals surface area contributed by atoms with E-state index in [1.165, 1.54) is 25.8 Å². The molecule has 1 aromatic heterocycles. The SMILES string of the molecule is CN(C)C[C@@H]1C[C@@H]2CN(C(=O)c3ccco3)CC[C@@H]2N1CC1CC1. The number of fused-ring (bicyclic) bond motifs is 1. The third kappa shape index (κ3) is 3.24. The molecule has 3 heterocycles. The van der Waals surface area contributed by atoms with Gasteiger partial charge in [0.1, 0.15) is 0 Å². The van der Waals surface area contributed by atoms with Crippen molar-refractivity contribution in [3.05, 3.63) is 24.2 Å². The van der Waals surface area contributed by atoms with Crippen LogP contribution in [0.2, 0.25) is 0 Å². The van der Waals surface area contributed by atoms with Crippen LogP contribution in [0.15, 0.2) is 22.8 Å². The third-order valence-electron chi connectivity index (χ3n) is 5.92. The van der Waals surface area contributed by atoms with Crippen LogP contribution < -0.4 is 0 Å². The first-order chi connectivity index (χ1) is 11.6. The number of hydrogen-bond donors (Lipinski definition) is 0. The molecule has 2 saturated heterocycles. The monoisotopic (exact) mass is 331 g/mol. The predicted molar refractivity (Wildman–Crippen MR) is 92.9 cm³/mol. The Kier molecular flexibility index (Phi) is 4.39. The second-order valence-corrected chi connectivity index (χ2v) is 8.14. The summed E-state index contributed by atoms with van der Waals surface area (Å²) in [4.78, 5) is 19.7. The molecule has 3 aliphatic rings. The number of carbonyl (C=O) groups excluding carboxylic acids is 1. The molecular formula is C19H29N3O2. The van der Waals surface area contributed by atoms with Crippen LogP contribution >= 0.6 is 0 Å². The number of carbonyl (C=O) groups is 1. The highest BCUT2D eigenvalue weighted by Gasteiger charge is 2.46. The van der Waals surface area contributed by atoms with Crippen molar-refractivity contribution >= 4 is 5.91 Å². The molecule has 1 saturated carbocycles. The van der Waals surface area contributed by atoms with Gasteiger partial charge in [-0.15, -0.1) is 0 Å². The van der Waals surface area contributed by atoms with Crippen molar-refractivity contribution in [2.24, 2.45) is 11.8 Å². The average Bonchev–Trinajstić information content (AvgIpc) is 3.08. The number of likely N-dealkylation sites (tertiary alicyclic amines) is 2. The smallest absolute Gasteiger partial charge is 0.289 e. The fourth-order valence-corrected chi connectivity index (χ4v) is 4.67. The summed E-state index contributed by atoms with van der Waals surface area (Å²) in [5.41, 5.74) is 0. The van der Waals surface area contributed by atoms with Gasteiger partial charge in [-0.25, -0.2) is 0 Å². The van der Waals surface area contributed by atoms with Gasteiger partial charge < -0.3 is 14.2 Å². The van der Waals surface area contributed by atoms with Crippen LogP contribution in [0.1, 0.15) is 36.2 Å². The first-order valence-electron chi connectivity index (χ1n) is 9.35. The summed E-state index contributed by atoms with van der Waals surface area (Å²) in [7, 11) is 4.34. The molecule has 2 aliphatic heterocycles. The van der Waals surface area contributed by atoms with E-state index < -0.39 is 0 Å². The molecule has 0 bridgehead atoms. The van der Waals surface area contributed by atoms with Crippen LogP contribution in [-0.2, 0) is 0 Å². The van der Waals surface area contributed by atoms with Gasteiger partial charge in [0.25, 0.3) is 5.91 Å². The molecule has 1 aliphatic carbocycles. The highest BCUT2D eigenvalue weighted by atomic mass is 16.3. The van der Waals surface area contributed by atoms with Crippen LogP contribution in [0.3, 0.4) is 0 Å². The highest BCUT2D eigenvalue weighted by molar-refractivity contribution is 5.91. The average molecular weight is 331 g/mol. The summed E-state index contributed by atoms with van der Waals surface area (Å²) in [5, 5.41) is 0. The van der Waals surface area contributed by atoms with Crippen molar-refractivity contribution in [2.75, 3.05) is 40.3 Å². The molecule has 5 nitrogen and oxygen atoms in total. The maximum atomic E-state index is 12.6. The van der Waals surface area contributed by atoms with Crippen molar-refractivity contribution in [1.82, 2.24) is 14.7 Å². The van der Waals surface area contributed by atoms with Crippen molar-refractivity contribution in [2.45, 2.75) is 37.8 Å². The molecule has 3 atom stereocenters. The fraction of sp³-hybridized carbons (Fsp3) is 0.737. The van der Waals surface area contributed by atoms with E-state index in [-0.39, 0.29) is 5.91 Å². The Hall–Kier alpha value is -1.33. The molecular weight excluding hydrogens is 302 g/mol. The lowest BCUT2D eigenvalue weighted by Crippen LogP contribution is -2.49. The number of furan rings is 1. The molecule has 5 heteroatoms. The summed E-state index contributed by atoms with van der Waals surface area (Å²) < 4.78 is 5.31. The minimum absolute atomic E-state index is 0.0586. The number of hydrogen-bond acceptors (Lipinski definition) is 4. The Bertz CT molecular complexity index is 567. The zero-order chi connectivity index (χ0) is 16.7. The van der Waals surface area contributed by atoms with Gasteiger partial charge in [0.05, 0.1) is 6.26 Å². The second kappa shape index (κ2) is 6.52. The quantitative estimate of drug-likeness (QED) is 0.829. The van der Waals surface area contributed by atoms with Gasteiger partial charge in [-0.05, 0) is 63.7 Å². The van der Waals surface area contributed by atoms with E-state index in [0.29, 0.717) is 23.8 Å². The van der Waals surface area contributed by atoms with Gasteiger partial charge in [0.2, 0.25) is 0 Å². The van der Waals surface area contributed by atoms with Crippen molar-refractivity contribution in [3.8, 4) is 0 Å². The van der Waals surface area contributed by atoms with Crippen LogP contribution in [0, 0.1) is 11.8 Å². The highest BCUT2D eigenvalue weighted by Crippen LogP contribution is 2.40. The molecule has 0 spiro atoms. The first kappa shape index (κ1) is 16.2. The maximum absolute atomic E-state index is 12.6. The Labute approximate surface area is 144 Å². The van der Waals surface area contributed by atoms with E-state index in [0.717, 1.165) is 32.0 Å². The molecule has 0 aromatic carbocycles. The lowest BCUT2D eigenvalue weighted by molar-refractivity contribution is 0.0542. The van der Waals surface area contributed by atoms with Crippen LogP contribution in [0.4, 0.5) is 0 Å². The van der Waals surface area contributed by atoms with Crippen LogP contribution in [-0.4, -0.2) is 73.0 Å². The van der Waals surface area contributed by atoms with E-state index >= 15 is 0 Å². The molecule has 4 rings (SSSR count). The molecule has 0 N–H and O–H groups in total. The van der Waals surface area contributed by atoms with Gasteiger partial charge in [0.15, 0.2) is 5.76 Å². The number of rotatable bonds is 5. The minimum Gasteiger partial charge on any atom is -0.459 e. The van der Waals surface area contributed by atoms with Crippen molar-refractivity contribution < 1.29 is 9.21 Å². The molecule has 0 unspecified atom stereocenters. The molecule has 1 amide bonds. The Morgan fingerprint density at radius 2 is 2.17 bits per heavy atom. The van der Waals surface area contributed by atoms with Gasteiger partial charge in [-0.2, -0.15) is 0 Å². The van der Waals surface area contributed by atoms with Gasteiger partial charge in [-0.3, -0.25) is 9.69 Å². The van der Waals surface area contributed by atoms with E-state index in [9.17, 15) is 4.79 Å². The van der Waals surface area contributed by atoms with Crippen molar-refractivity contribution in [1.29, 1.82) is 0 Å². The van der Waals surface area contributed by atoms with Gasteiger partial charge >= 0.3 is 0 Å². The number of piperidine rings is 1. The summed E-state index contributed by atoms with van der Waals surface area (Å²) in [6.45, 7) is 4.14. The van der Waals surface area contributed by atoms with Gasteiger partial charge in [-0.1, -0.05) is 0 Å². The standard InChI is InChI=1S/C19H29N3O2/c1-20(2)13-16-10-15-12-21(19(23)18-4-3-9-24-18)8-7-17(15)22(16)11-14-5-6-14/h3-4,9,14-17H,5-8,10-13H2,1-2H3/t15-,16+,17+/m1/s1. The van der Waals surface area contributed by atoms with Crippen LogP contribution in [0.25, 0.3) is 0 Å². The minimum atomic E-state index is 0.0586. The normalized spacial score (nSPS) is 30.8. The Morgan fingerprint density at radius 1 is 1.33 bits per heavy atom. The lowest BCUT2D eigenvalue weighted by Gasteiger charge is -2.38. The molecule has 3 fully saturated rings. The maximum Gasteiger partial charge on any atom is 0.289 e. The van der Waals surface area contributed by atoms with E-state index in [4.69, 9.17) is 4.42 Å². The predicted octanol–water partition coefficient (Wildman–Crippen LogP) is 2.16. The second-order valence-electron chi connectivity index (χ2n) is 8.14. The van der Waals surface area contributed by atoms with E-state index in [1.54, 1.807) is 18.4 Å². The molecule has 24 heavy (non-hydrogen) atoms. The number of nitrogens with zero attached hydrogens (tertiary/aromatic N) is 3. The first-order valence-corrected chi connectivity index (χ1v) is 9.35. The topological polar surface area (TPSA) is 39.9 Å². The Morgan fingerprint density at radius 3 is 2.83 bits per heavy atom. The number of amides is 1. The summed E-state index contributed by atoms with van der Waals surface area (Å²) in [5.74, 6) is 2.08. The summed E-state index contributed by atoms with van der Waals surface area (Å²) >= 11 is 0. The van der Waals surface area contributed by atoms with Crippen LogP contribution in [0.5, 0.6) is 0 Å².